The molecule has 0 radical (unpaired) electrons. The smallest absolute Gasteiger partial charge is 0.238 e. The molecule has 0 bridgehead atoms. The largest absolute Gasteiger partial charge is 0.391 e. The van der Waals surface area contributed by atoms with E-state index in [1.807, 2.05) is 6.92 Å². The molecule has 0 aromatic rings. The summed E-state index contributed by atoms with van der Waals surface area (Å²) >= 11 is 0. The number of rotatable bonds is 5. The Bertz CT molecular complexity index is 466. The van der Waals surface area contributed by atoms with Crippen molar-refractivity contribution in [1.82, 2.24) is 9.62 Å². The molecule has 1 saturated carbocycles. The lowest BCUT2D eigenvalue weighted by Gasteiger charge is -2.31. The van der Waals surface area contributed by atoms with Gasteiger partial charge in [-0.25, -0.2) is 8.42 Å². The summed E-state index contributed by atoms with van der Waals surface area (Å²) in [6.45, 7) is 2.24. The molecule has 2 aliphatic rings. The minimum absolute atomic E-state index is 0.0861. The van der Waals surface area contributed by atoms with Crippen LogP contribution in [0.5, 0.6) is 0 Å². The first-order valence-electron chi connectivity index (χ1n) is 7.93. The lowest BCUT2D eigenvalue weighted by Crippen LogP contribution is -2.52. The van der Waals surface area contributed by atoms with E-state index >= 15 is 0 Å². The van der Waals surface area contributed by atoms with Gasteiger partial charge in [-0.05, 0) is 32.1 Å². The van der Waals surface area contributed by atoms with Crippen LogP contribution in [-0.4, -0.2) is 54.2 Å². The molecule has 21 heavy (non-hydrogen) atoms. The summed E-state index contributed by atoms with van der Waals surface area (Å²) in [6.07, 6.45) is 4.76. The minimum atomic E-state index is -3.35. The van der Waals surface area contributed by atoms with Crippen molar-refractivity contribution in [3.63, 3.8) is 0 Å². The fourth-order valence-electron chi connectivity index (χ4n) is 3.27. The normalized spacial score (nSPS) is 31.2. The molecule has 1 aliphatic carbocycles. The Kier molecular flexibility index (Phi) is 5.62. The van der Waals surface area contributed by atoms with Crippen molar-refractivity contribution < 1.29 is 18.3 Å². The van der Waals surface area contributed by atoms with Gasteiger partial charge in [-0.15, -0.1) is 0 Å². The molecule has 0 aromatic carbocycles. The van der Waals surface area contributed by atoms with Gasteiger partial charge in [0.15, 0.2) is 0 Å². The number of nitrogens with zero attached hydrogens (tertiary/aromatic N) is 1. The molecule has 1 unspecified atom stereocenters. The van der Waals surface area contributed by atoms with Crippen molar-refractivity contribution in [2.75, 3.05) is 12.3 Å². The van der Waals surface area contributed by atoms with E-state index in [0.717, 1.165) is 19.3 Å². The van der Waals surface area contributed by atoms with Gasteiger partial charge in [0.05, 0.1) is 17.9 Å². The molecule has 1 amide bonds. The van der Waals surface area contributed by atoms with E-state index in [4.69, 9.17) is 0 Å². The van der Waals surface area contributed by atoms with Gasteiger partial charge < -0.3 is 10.4 Å². The van der Waals surface area contributed by atoms with Gasteiger partial charge in [0.2, 0.25) is 15.9 Å². The number of aliphatic hydroxyl groups excluding tert-OH is 1. The first-order chi connectivity index (χ1) is 9.95. The average Bonchev–Trinajstić information content (AvgIpc) is 2.91. The van der Waals surface area contributed by atoms with E-state index in [1.54, 1.807) is 0 Å². The summed E-state index contributed by atoms with van der Waals surface area (Å²) in [5.41, 5.74) is 0. The second kappa shape index (κ2) is 7.07. The van der Waals surface area contributed by atoms with E-state index in [0.29, 0.717) is 32.2 Å². The fraction of sp³-hybridized carbons (Fsp3) is 0.929. The number of amides is 1. The second-order valence-electron chi connectivity index (χ2n) is 6.05. The zero-order chi connectivity index (χ0) is 15.5. The Morgan fingerprint density at radius 2 is 1.95 bits per heavy atom. The quantitative estimate of drug-likeness (QED) is 0.777. The van der Waals surface area contributed by atoms with Gasteiger partial charge >= 0.3 is 0 Å². The first-order valence-corrected chi connectivity index (χ1v) is 9.54. The van der Waals surface area contributed by atoms with Crippen LogP contribution in [0.2, 0.25) is 0 Å². The second-order valence-corrected chi connectivity index (χ2v) is 8.09. The predicted octanol–water partition coefficient (Wildman–Crippen LogP) is 0.610. The molecule has 1 saturated heterocycles. The van der Waals surface area contributed by atoms with E-state index in [2.05, 4.69) is 5.32 Å². The Hall–Kier alpha value is -0.660. The molecule has 0 aromatic heterocycles. The maximum absolute atomic E-state index is 12.4. The van der Waals surface area contributed by atoms with Crippen molar-refractivity contribution in [3.8, 4) is 0 Å². The van der Waals surface area contributed by atoms with E-state index < -0.39 is 22.2 Å². The average molecular weight is 318 g/mol. The molecule has 2 N–H and O–H groups in total. The van der Waals surface area contributed by atoms with Crippen molar-refractivity contribution in [1.29, 1.82) is 0 Å². The van der Waals surface area contributed by atoms with E-state index in [-0.39, 0.29) is 17.7 Å². The molecule has 2 rings (SSSR count). The van der Waals surface area contributed by atoms with Crippen LogP contribution in [0.1, 0.15) is 51.9 Å². The van der Waals surface area contributed by atoms with Crippen LogP contribution < -0.4 is 5.32 Å². The Labute approximate surface area is 126 Å². The summed E-state index contributed by atoms with van der Waals surface area (Å²) in [4.78, 5) is 12.4. The van der Waals surface area contributed by atoms with Gasteiger partial charge in [0.1, 0.15) is 6.04 Å². The zero-order valence-electron chi connectivity index (χ0n) is 12.6. The summed E-state index contributed by atoms with van der Waals surface area (Å²) in [5.74, 6) is -0.166. The standard InChI is InChI=1S/C14H26N2O4S/c1-2-10-21(19,20)16-9-5-7-12(16)14(18)15-11-6-3-4-8-13(11)17/h11-13,17H,2-10H2,1H3,(H,15,18)/t11-,12?,13-/m0/s1. The maximum Gasteiger partial charge on any atom is 0.238 e. The molecule has 2 fully saturated rings. The number of carbonyl (C=O) groups is 1. The fourth-order valence-corrected chi connectivity index (χ4v) is 5.02. The highest BCUT2D eigenvalue weighted by molar-refractivity contribution is 7.89. The van der Waals surface area contributed by atoms with E-state index in [9.17, 15) is 18.3 Å². The van der Waals surface area contributed by atoms with Crippen LogP contribution in [0.15, 0.2) is 0 Å². The summed E-state index contributed by atoms with van der Waals surface area (Å²) in [6, 6.07) is -0.835. The molecular weight excluding hydrogens is 292 g/mol. The third kappa shape index (κ3) is 3.96. The van der Waals surface area contributed by atoms with Crippen molar-refractivity contribution >= 4 is 15.9 Å². The SMILES string of the molecule is CCCS(=O)(=O)N1CCCC1C(=O)N[C@H]1CCCC[C@@H]1O. The van der Waals surface area contributed by atoms with E-state index in [1.165, 1.54) is 4.31 Å². The molecule has 7 heteroatoms. The Morgan fingerprint density at radius 1 is 1.24 bits per heavy atom. The summed E-state index contributed by atoms with van der Waals surface area (Å²) in [5, 5.41) is 12.8. The number of sulfonamides is 1. The topological polar surface area (TPSA) is 86.7 Å². The van der Waals surface area contributed by atoms with Crippen LogP contribution in [0, 0.1) is 0 Å². The van der Waals surface area contributed by atoms with Crippen LogP contribution in [0.4, 0.5) is 0 Å². The van der Waals surface area contributed by atoms with Crippen LogP contribution in [0.3, 0.4) is 0 Å². The molecule has 3 atom stereocenters. The third-order valence-electron chi connectivity index (χ3n) is 4.38. The Morgan fingerprint density at radius 3 is 2.62 bits per heavy atom. The number of aliphatic hydroxyl groups is 1. The Balaban J connectivity index is 2.00. The van der Waals surface area contributed by atoms with Gasteiger partial charge in [0.25, 0.3) is 0 Å². The number of hydrogen-bond donors (Lipinski definition) is 2. The number of carbonyl (C=O) groups excluding carboxylic acids is 1. The van der Waals surface area contributed by atoms with Gasteiger partial charge in [0, 0.05) is 6.54 Å². The highest BCUT2D eigenvalue weighted by Gasteiger charge is 2.39. The molecule has 1 heterocycles. The molecule has 122 valence electrons. The number of hydrogen-bond acceptors (Lipinski definition) is 4. The van der Waals surface area contributed by atoms with Crippen molar-refractivity contribution in [2.24, 2.45) is 0 Å². The zero-order valence-corrected chi connectivity index (χ0v) is 13.4. The maximum atomic E-state index is 12.4. The lowest BCUT2D eigenvalue weighted by atomic mass is 9.92. The van der Waals surface area contributed by atoms with Crippen LogP contribution >= 0.6 is 0 Å². The molecule has 0 spiro atoms. The molecule has 6 nitrogen and oxygen atoms in total. The van der Waals surface area contributed by atoms with Gasteiger partial charge in [-0.1, -0.05) is 19.8 Å². The van der Waals surface area contributed by atoms with Gasteiger partial charge in [-0.2, -0.15) is 4.31 Å². The predicted molar refractivity (Wildman–Crippen MR) is 80.2 cm³/mol. The molecular formula is C14H26N2O4S. The summed E-state index contributed by atoms with van der Waals surface area (Å²) in [7, 11) is -3.35. The minimum Gasteiger partial charge on any atom is -0.391 e. The van der Waals surface area contributed by atoms with Crippen molar-refractivity contribution in [3.05, 3.63) is 0 Å². The van der Waals surface area contributed by atoms with Crippen molar-refractivity contribution in [2.45, 2.75) is 70.1 Å². The van der Waals surface area contributed by atoms with Crippen LogP contribution in [0.25, 0.3) is 0 Å². The van der Waals surface area contributed by atoms with Gasteiger partial charge in [-0.3, -0.25) is 4.79 Å². The monoisotopic (exact) mass is 318 g/mol. The highest BCUT2D eigenvalue weighted by atomic mass is 32.2. The first kappa shape index (κ1) is 16.7. The molecule has 1 aliphatic heterocycles. The van der Waals surface area contributed by atoms with Crippen LogP contribution in [-0.2, 0) is 14.8 Å². The third-order valence-corrected chi connectivity index (χ3v) is 6.46. The highest BCUT2D eigenvalue weighted by Crippen LogP contribution is 2.24. The lowest BCUT2D eigenvalue weighted by molar-refractivity contribution is -0.126. The number of nitrogens with one attached hydrogen (secondary N) is 1. The summed E-state index contributed by atoms with van der Waals surface area (Å²) < 4.78 is 25.7.